The lowest BCUT2D eigenvalue weighted by atomic mass is 10.0. The first kappa shape index (κ1) is 16.8. The second-order valence-electron chi connectivity index (χ2n) is 4.69. The molecule has 0 spiro atoms. The zero-order valence-corrected chi connectivity index (χ0v) is 13.4. The topological polar surface area (TPSA) is 75.1 Å². The predicted molar refractivity (Wildman–Crippen MR) is 83.8 cm³/mol. The monoisotopic (exact) mass is 297 g/mol. The van der Waals surface area contributed by atoms with Gasteiger partial charge < -0.3 is 10.4 Å². The Balaban J connectivity index is 3.09. The molecule has 20 heavy (non-hydrogen) atoms. The third kappa shape index (κ3) is 4.10. The summed E-state index contributed by atoms with van der Waals surface area (Å²) in [5, 5.41) is 20.9. The van der Waals surface area contributed by atoms with Crippen molar-refractivity contribution in [2.24, 2.45) is 0 Å². The molecular formula is C14H23N3O2S. The maximum absolute atomic E-state index is 11.6. The van der Waals surface area contributed by atoms with Gasteiger partial charge >= 0.3 is 5.97 Å². The normalized spacial score (nSPS) is 12.2. The van der Waals surface area contributed by atoms with Crippen LogP contribution in [0.3, 0.4) is 0 Å². The molecule has 1 rings (SSSR count). The van der Waals surface area contributed by atoms with Crippen LogP contribution < -0.4 is 5.32 Å². The largest absolute Gasteiger partial charge is 0.478 e. The van der Waals surface area contributed by atoms with Gasteiger partial charge in [-0.05, 0) is 43.8 Å². The highest BCUT2D eigenvalue weighted by Gasteiger charge is 2.21. The maximum atomic E-state index is 11.6. The van der Waals surface area contributed by atoms with E-state index >= 15 is 0 Å². The number of thioether (sulfide) groups is 1. The summed E-state index contributed by atoms with van der Waals surface area (Å²) in [4.78, 5) is 11.6. The number of nitrogens with one attached hydrogen (secondary N) is 1. The van der Waals surface area contributed by atoms with Crippen LogP contribution in [0.1, 0.15) is 48.8 Å². The van der Waals surface area contributed by atoms with Crippen molar-refractivity contribution in [2.45, 2.75) is 46.1 Å². The lowest BCUT2D eigenvalue weighted by Crippen LogP contribution is -2.21. The number of hydrogen-bond donors (Lipinski definition) is 2. The average Bonchev–Trinajstić information content (AvgIpc) is 2.43. The van der Waals surface area contributed by atoms with Crippen LogP contribution in [0, 0.1) is 0 Å². The molecule has 0 bridgehead atoms. The summed E-state index contributed by atoms with van der Waals surface area (Å²) in [6, 6.07) is 0.173. The zero-order valence-electron chi connectivity index (χ0n) is 12.6. The third-order valence-electron chi connectivity index (χ3n) is 3.20. The number of rotatable bonds is 8. The van der Waals surface area contributed by atoms with E-state index in [9.17, 15) is 9.90 Å². The molecule has 0 aromatic carbocycles. The van der Waals surface area contributed by atoms with E-state index in [-0.39, 0.29) is 11.6 Å². The van der Waals surface area contributed by atoms with Crippen molar-refractivity contribution >= 4 is 23.5 Å². The molecule has 1 unspecified atom stereocenters. The zero-order chi connectivity index (χ0) is 15.1. The molecule has 0 saturated heterocycles. The Morgan fingerprint density at radius 1 is 1.35 bits per heavy atom. The molecule has 0 radical (unpaired) electrons. The van der Waals surface area contributed by atoms with Crippen molar-refractivity contribution in [3.05, 3.63) is 16.8 Å². The van der Waals surface area contributed by atoms with Crippen LogP contribution in [0.15, 0.2) is 0 Å². The molecule has 2 N–H and O–H groups in total. The second-order valence-corrected chi connectivity index (χ2v) is 5.67. The lowest BCUT2D eigenvalue weighted by molar-refractivity contribution is 0.0696. The van der Waals surface area contributed by atoms with Gasteiger partial charge in [-0.3, -0.25) is 0 Å². The van der Waals surface area contributed by atoms with Crippen LogP contribution in [0.5, 0.6) is 0 Å². The van der Waals surface area contributed by atoms with Crippen LogP contribution in [-0.4, -0.2) is 39.3 Å². The van der Waals surface area contributed by atoms with E-state index in [0.29, 0.717) is 18.7 Å². The summed E-state index contributed by atoms with van der Waals surface area (Å²) < 4.78 is 0. The van der Waals surface area contributed by atoms with Crippen LogP contribution >= 0.6 is 11.8 Å². The van der Waals surface area contributed by atoms with E-state index in [1.165, 1.54) is 0 Å². The Morgan fingerprint density at radius 3 is 2.55 bits per heavy atom. The van der Waals surface area contributed by atoms with Crippen molar-refractivity contribution in [3.8, 4) is 0 Å². The number of nitrogens with zero attached hydrogens (tertiary/aromatic N) is 2. The first-order valence-corrected chi connectivity index (χ1v) is 8.31. The van der Waals surface area contributed by atoms with Crippen molar-refractivity contribution in [1.29, 1.82) is 0 Å². The molecule has 0 amide bonds. The number of anilines is 1. The number of hydrogen-bond acceptors (Lipinski definition) is 5. The molecule has 112 valence electrons. The molecule has 1 atom stereocenters. The number of carboxylic acids is 1. The number of aromatic carboxylic acids is 1. The smallest absolute Gasteiger partial charge is 0.339 e. The standard InChI is InChI=1S/C14H23N3O2S/c1-5-10-11(6-2)16-17-13(12(10)14(18)19)15-9(3)7-8-20-4/h9H,5-8H2,1-4H3,(H,15,17)(H,18,19). The van der Waals surface area contributed by atoms with Crippen LogP contribution in [0.2, 0.25) is 0 Å². The van der Waals surface area contributed by atoms with Gasteiger partial charge in [0.05, 0.1) is 5.69 Å². The average molecular weight is 297 g/mol. The molecule has 0 saturated carbocycles. The van der Waals surface area contributed by atoms with Gasteiger partial charge in [-0.1, -0.05) is 13.8 Å². The molecule has 6 heteroatoms. The van der Waals surface area contributed by atoms with E-state index in [0.717, 1.165) is 23.4 Å². The first-order chi connectivity index (χ1) is 9.54. The van der Waals surface area contributed by atoms with Crippen LogP contribution in [0.25, 0.3) is 0 Å². The number of carbonyl (C=O) groups is 1. The lowest BCUT2D eigenvalue weighted by Gasteiger charge is -2.17. The summed E-state index contributed by atoms with van der Waals surface area (Å²) in [6.07, 6.45) is 4.35. The van der Waals surface area contributed by atoms with Crippen molar-refractivity contribution in [3.63, 3.8) is 0 Å². The minimum atomic E-state index is -0.939. The highest BCUT2D eigenvalue weighted by atomic mass is 32.2. The van der Waals surface area contributed by atoms with Gasteiger partial charge in [0.2, 0.25) is 0 Å². The highest BCUT2D eigenvalue weighted by molar-refractivity contribution is 7.98. The van der Waals surface area contributed by atoms with E-state index in [1.807, 2.05) is 20.8 Å². The van der Waals surface area contributed by atoms with E-state index in [4.69, 9.17) is 0 Å². The molecule has 0 fully saturated rings. The van der Waals surface area contributed by atoms with Gasteiger partial charge in [0.25, 0.3) is 0 Å². The molecular weight excluding hydrogens is 274 g/mol. The van der Waals surface area contributed by atoms with Crippen LogP contribution in [-0.2, 0) is 12.8 Å². The van der Waals surface area contributed by atoms with Gasteiger partial charge in [0.1, 0.15) is 5.56 Å². The SMILES string of the molecule is CCc1nnc(NC(C)CCSC)c(C(=O)O)c1CC. The van der Waals surface area contributed by atoms with Crippen molar-refractivity contribution in [2.75, 3.05) is 17.3 Å². The summed E-state index contributed by atoms with van der Waals surface area (Å²) >= 11 is 1.77. The quantitative estimate of drug-likeness (QED) is 0.768. The minimum absolute atomic E-state index is 0.173. The fraction of sp³-hybridized carbons (Fsp3) is 0.643. The van der Waals surface area contributed by atoms with Gasteiger partial charge in [-0.15, -0.1) is 5.10 Å². The summed E-state index contributed by atoms with van der Waals surface area (Å²) in [7, 11) is 0. The Bertz CT molecular complexity index is 466. The first-order valence-electron chi connectivity index (χ1n) is 6.92. The molecule has 0 aliphatic heterocycles. The van der Waals surface area contributed by atoms with E-state index in [1.54, 1.807) is 11.8 Å². The Labute approximate surface area is 124 Å². The number of aromatic nitrogens is 2. The molecule has 1 heterocycles. The summed E-state index contributed by atoms with van der Waals surface area (Å²) in [5.41, 5.74) is 1.83. The van der Waals surface area contributed by atoms with Crippen LogP contribution in [0.4, 0.5) is 5.82 Å². The minimum Gasteiger partial charge on any atom is -0.478 e. The fourth-order valence-electron chi connectivity index (χ4n) is 2.10. The van der Waals surface area contributed by atoms with Gasteiger partial charge in [0.15, 0.2) is 5.82 Å². The molecule has 0 aliphatic carbocycles. The Morgan fingerprint density at radius 2 is 2.05 bits per heavy atom. The Kier molecular flexibility index (Phi) is 6.78. The molecule has 0 aliphatic rings. The van der Waals surface area contributed by atoms with Gasteiger partial charge in [-0.25, -0.2) is 4.79 Å². The maximum Gasteiger partial charge on any atom is 0.339 e. The van der Waals surface area contributed by atoms with Crippen molar-refractivity contribution in [1.82, 2.24) is 10.2 Å². The third-order valence-corrected chi connectivity index (χ3v) is 3.84. The van der Waals surface area contributed by atoms with E-state index in [2.05, 4.69) is 21.8 Å². The Hall–Kier alpha value is -1.30. The highest BCUT2D eigenvalue weighted by Crippen LogP contribution is 2.22. The van der Waals surface area contributed by atoms with E-state index < -0.39 is 5.97 Å². The number of carboxylic acid groups (broad SMARTS) is 1. The second kappa shape index (κ2) is 8.09. The fourth-order valence-corrected chi connectivity index (χ4v) is 2.69. The number of aryl methyl sites for hydroxylation is 1. The van der Waals surface area contributed by atoms with Crippen molar-refractivity contribution < 1.29 is 9.90 Å². The predicted octanol–water partition coefficient (Wildman–Crippen LogP) is 2.85. The molecule has 5 nitrogen and oxygen atoms in total. The molecule has 1 aromatic rings. The summed E-state index contributed by atoms with van der Waals surface area (Å²) in [5.74, 6) is 0.476. The van der Waals surface area contributed by atoms with Gasteiger partial charge in [-0.2, -0.15) is 16.9 Å². The summed E-state index contributed by atoms with van der Waals surface area (Å²) in [6.45, 7) is 5.94. The van der Waals surface area contributed by atoms with Gasteiger partial charge in [0, 0.05) is 6.04 Å². The molecule has 1 aromatic heterocycles.